The van der Waals surface area contributed by atoms with Crippen molar-refractivity contribution in [2.75, 3.05) is 5.32 Å². The zero-order chi connectivity index (χ0) is 20.5. The molecule has 0 spiro atoms. The van der Waals surface area contributed by atoms with Gasteiger partial charge >= 0.3 is 0 Å². The number of hydrogen-bond acceptors (Lipinski definition) is 4. The monoisotopic (exact) mass is 413 g/mol. The topological polar surface area (TPSA) is 62.3 Å². The zero-order valence-corrected chi connectivity index (χ0v) is 16.9. The van der Waals surface area contributed by atoms with Gasteiger partial charge in [-0.1, -0.05) is 65.9 Å². The van der Waals surface area contributed by atoms with Gasteiger partial charge < -0.3 is 10.2 Å². The average molecular weight is 414 g/mol. The van der Waals surface area contributed by atoms with Crippen LogP contribution < -0.4 is 5.32 Å². The molecule has 0 unspecified atom stereocenters. The predicted octanol–water partition coefficient (Wildman–Crippen LogP) is 4.50. The van der Waals surface area contributed by atoms with Crippen LogP contribution in [0.1, 0.15) is 21.5 Å². The van der Waals surface area contributed by atoms with E-state index in [2.05, 4.69) is 10.3 Å². The molecule has 0 aliphatic carbocycles. The lowest BCUT2D eigenvalue weighted by Crippen LogP contribution is -2.50. The molecular weight excluding hydrogens is 394 g/mol. The van der Waals surface area contributed by atoms with Crippen molar-refractivity contribution in [3.8, 4) is 0 Å². The number of fused-ring (bicyclic) bond motifs is 2. The second kappa shape index (κ2) is 7.72. The van der Waals surface area contributed by atoms with Gasteiger partial charge in [-0.2, -0.15) is 0 Å². The Morgan fingerprint density at radius 2 is 1.60 bits per heavy atom. The van der Waals surface area contributed by atoms with Crippen molar-refractivity contribution in [2.45, 2.75) is 19.0 Å². The molecule has 3 aromatic carbocycles. The van der Waals surface area contributed by atoms with E-state index < -0.39 is 6.04 Å². The van der Waals surface area contributed by atoms with E-state index in [-0.39, 0.29) is 11.8 Å². The molecule has 1 aliphatic rings. The van der Waals surface area contributed by atoms with E-state index in [1.165, 1.54) is 11.3 Å². The molecule has 30 heavy (non-hydrogen) atoms. The van der Waals surface area contributed by atoms with E-state index in [0.717, 1.165) is 21.3 Å². The maximum absolute atomic E-state index is 13.3. The first-order chi connectivity index (χ1) is 14.7. The van der Waals surface area contributed by atoms with Gasteiger partial charge in [0, 0.05) is 18.5 Å². The van der Waals surface area contributed by atoms with Gasteiger partial charge in [-0.05, 0) is 35.4 Å². The third-order valence-corrected chi connectivity index (χ3v) is 6.31. The Balaban J connectivity index is 1.46. The highest BCUT2D eigenvalue weighted by Crippen LogP contribution is 2.28. The molecule has 0 saturated carbocycles. The number of nitrogens with one attached hydrogen (secondary N) is 1. The fraction of sp³-hybridized carbons (Fsp3) is 0.125. The summed E-state index contributed by atoms with van der Waals surface area (Å²) in [4.78, 5) is 32.7. The van der Waals surface area contributed by atoms with Crippen LogP contribution in [0.3, 0.4) is 0 Å². The van der Waals surface area contributed by atoms with Crippen molar-refractivity contribution >= 4 is 38.5 Å². The molecular formula is C24H19N3O2S. The van der Waals surface area contributed by atoms with Gasteiger partial charge in [0.05, 0.1) is 10.2 Å². The molecule has 2 amide bonds. The fourth-order valence-electron chi connectivity index (χ4n) is 3.83. The van der Waals surface area contributed by atoms with Gasteiger partial charge in [-0.15, -0.1) is 0 Å². The lowest BCUT2D eigenvalue weighted by Gasteiger charge is -2.36. The Hall–Kier alpha value is -3.51. The maximum atomic E-state index is 13.3. The normalized spacial score (nSPS) is 15.6. The Morgan fingerprint density at radius 1 is 0.900 bits per heavy atom. The number of anilines is 1. The Morgan fingerprint density at radius 3 is 2.40 bits per heavy atom. The van der Waals surface area contributed by atoms with Crippen LogP contribution in [0.2, 0.25) is 0 Å². The summed E-state index contributed by atoms with van der Waals surface area (Å²) < 4.78 is 1.01. The summed E-state index contributed by atoms with van der Waals surface area (Å²) in [5.41, 5.74) is 3.60. The molecule has 6 heteroatoms. The highest BCUT2D eigenvalue weighted by Gasteiger charge is 2.35. The van der Waals surface area contributed by atoms with Crippen molar-refractivity contribution < 1.29 is 9.59 Å². The van der Waals surface area contributed by atoms with E-state index in [9.17, 15) is 9.59 Å². The van der Waals surface area contributed by atoms with Crippen molar-refractivity contribution in [1.29, 1.82) is 0 Å². The maximum Gasteiger partial charge on any atom is 0.254 e. The molecule has 0 radical (unpaired) electrons. The van der Waals surface area contributed by atoms with E-state index in [0.29, 0.717) is 23.7 Å². The van der Waals surface area contributed by atoms with Crippen LogP contribution in [0.15, 0.2) is 78.9 Å². The fourth-order valence-corrected chi connectivity index (χ4v) is 4.70. The van der Waals surface area contributed by atoms with Crippen molar-refractivity contribution in [3.05, 3.63) is 95.6 Å². The molecule has 148 valence electrons. The largest absolute Gasteiger partial charge is 0.322 e. The van der Waals surface area contributed by atoms with E-state index >= 15 is 0 Å². The molecule has 4 aromatic rings. The van der Waals surface area contributed by atoms with Gasteiger partial charge in [0.2, 0.25) is 5.91 Å². The number of nitrogens with zero attached hydrogens (tertiary/aromatic N) is 2. The Kier molecular flexibility index (Phi) is 4.77. The van der Waals surface area contributed by atoms with Crippen molar-refractivity contribution in [2.24, 2.45) is 0 Å². The first-order valence-electron chi connectivity index (χ1n) is 9.78. The SMILES string of the molecule is O=C(Nc1nc2ccccc2s1)[C@H]1Cc2ccccc2CN1C(=O)c1ccccc1. The molecule has 2 heterocycles. The van der Waals surface area contributed by atoms with Crippen LogP contribution in [0.25, 0.3) is 10.2 Å². The molecule has 1 aromatic heterocycles. The smallest absolute Gasteiger partial charge is 0.254 e. The average Bonchev–Trinajstić information content (AvgIpc) is 3.20. The summed E-state index contributed by atoms with van der Waals surface area (Å²) in [5, 5.41) is 3.49. The number of amides is 2. The van der Waals surface area contributed by atoms with Crippen LogP contribution in [0.4, 0.5) is 5.13 Å². The number of benzene rings is 3. The molecule has 0 fully saturated rings. The lowest BCUT2D eigenvalue weighted by molar-refractivity contribution is -0.121. The first-order valence-corrected chi connectivity index (χ1v) is 10.6. The third kappa shape index (κ3) is 3.46. The number of aromatic nitrogens is 1. The van der Waals surface area contributed by atoms with E-state index in [1.807, 2.05) is 66.7 Å². The number of carbonyl (C=O) groups excluding carboxylic acids is 2. The molecule has 1 N–H and O–H groups in total. The zero-order valence-electron chi connectivity index (χ0n) is 16.1. The van der Waals surface area contributed by atoms with E-state index in [4.69, 9.17) is 0 Å². The van der Waals surface area contributed by atoms with Gasteiger partial charge in [-0.3, -0.25) is 9.59 Å². The van der Waals surface area contributed by atoms with Gasteiger partial charge in [0.1, 0.15) is 6.04 Å². The van der Waals surface area contributed by atoms with Crippen LogP contribution in [0, 0.1) is 0 Å². The highest BCUT2D eigenvalue weighted by molar-refractivity contribution is 7.22. The molecule has 1 atom stereocenters. The Labute approximate surface area is 178 Å². The second-order valence-electron chi connectivity index (χ2n) is 7.26. The molecule has 5 nitrogen and oxygen atoms in total. The van der Waals surface area contributed by atoms with E-state index in [1.54, 1.807) is 17.0 Å². The summed E-state index contributed by atoms with van der Waals surface area (Å²) in [5.74, 6) is -0.359. The second-order valence-corrected chi connectivity index (χ2v) is 8.29. The summed E-state index contributed by atoms with van der Waals surface area (Å²) >= 11 is 1.43. The van der Waals surface area contributed by atoms with Crippen LogP contribution in [-0.4, -0.2) is 27.7 Å². The molecule has 5 rings (SSSR count). The predicted molar refractivity (Wildman–Crippen MR) is 118 cm³/mol. The number of hydrogen-bond donors (Lipinski definition) is 1. The minimum absolute atomic E-state index is 0.144. The number of thiazole rings is 1. The molecule has 0 bridgehead atoms. The summed E-state index contributed by atoms with van der Waals surface area (Å²) in [6.45, 7) is 0.405. The minimum Gasteiger partial charge on any atom is -0.322 e. The standard InChI is InChI=1S/C24H19N3O2S/c28-22(26-24-25-19-12-6-7-13-21(19)30-24)20-14-17-10-4-5-11-18(17)15-27(20)23(29)16-8-2-1-3-9-16/h1-13,20H,14-15H2,(H,25,26,28)/t20-/m1/s1. The number of carbonyl (C=O) groups is 2. The Bertz CT molecular complexity index is 1200. The van der Waals surface area contributed by atoms with Crippen LogP contribution in [-0.2, 0) is 17.8 Å². The van der Waals surface area contributed by atoms with Crippen molar-refractivity contribution in [1.82, 2.24) is 9.88 Å². The number of rotatable bonds is 3. The quantitative estimate of drug-likeness (QED) is 0.538. The van der Waals surface area contributed by atoms with Crippen LogP contribution >= 0.6 is 11.3 Å². The van der Waals surface area contributed by atoms with Crippen LogP contribution in [0.5, 0.6) is 0 Å². The van der Waals surface area contributed by atoms with Gasteiger partial charge in [-0.25, -0.2) is 4.98 Å². The van der Waals surface area contributed by atoms with Gasteiger partial charge in [0.15, 0.2) is 5.13 Å². The minimum atomic E-state index is -0.598. The summed E-state index contributed by atoms with van der Waals surface area (Å²) in [7, 11) is 0. The molecule has 1 aliphatic heterocycles. The third-order valence-electron chi connectivity index (χ3n) is 5.36. The van der Waals surface area contributed by atoms with Crippen molar-refractivity contribution in [3.63, 3.8) is 0 Å². The summed E-state index contributed by atoms with van der Waals surface area (Å²) in [6, 6.07) is 24.3. The number of para-hydroxylation sites is 1. The first kappa shape index (κ1) is 18.5. The molecule has 0 saturated heterocycles. The highest BCUT2D eigenvalue weighted by atomic mass is 32.1. The summed E-state index contributed by atoms with van der Waals surface area (Å²) in [6.07, 6.45) is 0.478. The van der Waals surface area contributed by atoms with Gasteiger partial charge in [0.25, 0.3) is 5.91 Å². The lowest BCUT2D eigenvalue weighted by atomic mass is 9.93.